The molecular formula is C9H9N3O3S. The largest absolute Gasteiger partial charge is 0.478 e. The minimum Gasteiger partial charge on any atom is -0.478 e. The van der Waals surface area contributed by atoms with Crippen molar-refractivity contribution in [1.82, 2.24) is 9.97 Å². The number of thiol groups is 1. The molecule has 1 fully saturated rings. The summed E-state index contributed by atoms with van der Waals surface area (Å²) in [6, 6.07) is 0. The Morgan fingerprint density at radius 3 is 2.56 bits per heavy atom. The van der Waals surface area contributed by atoms with Gasteiger partial charge in [0, 0.05) is 30.6 Å². The number of anilines is 1. The number of carbonyl (C=O) groups is 2. The van der Waals surface area contributed by atoms with Gasteiger partial charge in [-0.1, -0.05) is 0 Å². The molecule has 1 amide bonds. The van der Waals surface area contributed by atoms with Crippen molar-refractivity contribution in [2.75, 3.05) is 11.4 Å². The summed E-state index contributed by atoms with van der Waals surface area (Å²) in [6.07, 6.45) is 2.72. The first-order chi connectivity index (χ1) is 7.58. The van der Waals surface area contributed by atoms with Crippen LogP contribution in [0, 0.1) is 0 Å². The van der Waals surface area contributed by atoms with Crippen LogP contribution in [0.5, 0.6) is 0 Å². The van der Waals surface area contributed by atoms with Crippen LogP contribution in [0.1, 0.15) is 16.8 Å². The molecule has 7 heteroatoms. The SMILES string of the molecule is O=C(O)c1cnc(N2CC(S)CC2=O)nc1. The second-order valence-electron chi connectivity index (χ2n) is 3.44. The van der Waals surface area contributed by atoms with E-state index in [1.54, 1.807) is 0 Å². The van der Waals surface area contributed by atoms with Crippen molar-refractivity contribution >= 4 is 30.5 Å². The van der Waals surface area contributed by atoms with E-state index in [2.05, 4.69) is 22.6 Å². The maximum Gasteiger partial charge on any atom is 0.338 e. The van der Waals surface area contributed by atoms with Gasteiger partial charge in [-0.3, -0.25) is 9.69 Å². The quantitative estimate of drug-likeness (QED) is 0.721. The smallest absolute Gasteiger partial charge is 0.338 e. The average molecular weight is 239 g/mol. The van der Waals surface area contributed by atoms with Crippen molar-refractivity contribution in [3.8, 4) is 0 Å². The predicted molar refractivity (Wildman–Crippen MR) is 58.7 cm³/mol. The molecule has 1 N–H and O–H groups in total. The zero-order chi connectivity index (χ0) is 11.7. The highest BCUT2D eigenvalue weighted by molar-refractivity contribution is 7.81. The Kier molecular flexibility index (Phi) is 2.78. The van der Waals surface area contributed by atoms with Gasteiger partial charge in [0.15, 0.2) is 0 Å². The van der Waals surface area contributed by atoms with Crippen LogP contribution in [-0.2, 0) is 4.79 Å². The maximum atomic E-state index is 11.5. The zero-order valence-corrected chi connectivity index (χ0v) is 9.09. The molecule has 1 aromatic rings. The number of rotatable bonds is 2. The van der Waals surface area contributed by atoms with Gasteiger partial charge in [-0.15, -0.1) is 0 Å². The first kappa shape index (κ1) is 10.9. The Labute approximate surface area is 96.7 Å². The Hall–Kier alpha value is -1.63. The molecule has 1 unspecified atom stereocenters. The van der Waals surface area contributed by atoms with Gasteiger partial charge >= 0.3 is 5.97 Å². The Morgan fingerprint density at radius 1 is 1.50 bits per heavy atom. The number of amides is 1. The van der Waals surface area contributed by atoms with E-state index in [1.807, 2.05) is 0 Å². The molecule has 1 aliphatic heterocycles. The lowest BCUT2D eigenvalue weighted by molar-refractivity contribution is -0.117. The molecule has 0 radical (unpaired) electrons. The standard InChI is InChI=1S/C9H9N3O3S/c13-7-1-6(16)4-12(7)9-10-2-5(3-11-9)8(14)15/h2-3,6,16H,1,4H2,(H,14,15). The Morgan fingerprint density at radius 2 is 2.12 bits per heavy atom. The Balaban J connectivity index is 2.22. The minimum absolute atomic E-state index is 0.00202. The molecule has 0 bridgehead atoms. The highest BCUT2D eigenvalue weighted by atomic mass is 32.1. The summed E-state index contributed by atoms with van der Waals surface area (Å²) in [6.45, 7) is 0.453. The van der Waals surface area contributed by atoms with E-state index in [-0.39, 0.29) is 22.7 Å². The van der Waals surface area contributed by atoms with Gasteiger partial charge in [-0.25, -0.2) is 14.8 Å². The van der Waals surface area contributed by atoms with Crippen molar-refractivity contribution in [3.63, 3.8) is 0 Å². The van der Waals surface area contributed by atoms with Crippen LogP contribution >= 0.6 is 12.6 Å². The monoisotopic (exact) mass is 239 g/mol. The van der Waals surface area contributed by atoms with Gasteiger partial charge in [0.1, 0.15) is 0 Å². The molecule has 16 heavy (non-hydrogen) atoms. The molecule has 2 rings (SSSR count). The summed E-state index contributed by atoms with van der Waals surface area (Å²) in [5.41, 5.74) is -0.00202. The number of hydrogen-bond donors (Lipinski definition) is 2. The molecule has 0 aromatic carbocycles. The van der Waals surface area contributed by atoms with E-state index < -0.39 is 5.97 Å². The molecule has 0 spiro atoms. The molecule has 6 nitrogen and oxygen atoms in total. The molecule has 1 aromatic heterocycles. The lowest BCUT2D eigenvalue weighted by Gasteiger charge is -2.12. The highest BCUT2D eigenvalue weighted by Gasteiger charge is 2.29. The van der Waals surface area contributed by atoms with Crippen LogP contribution in [-0.4, -0.2) is 38.7 Å². The van der Waals surface area contributed by atoms with E-state index in [0.717, 1.165) is 0 Å². The molecule has 1 atom stereocenters. The first-order valence-electron chi connectivity index (χ1n) is 4.61. The summed E-state index contributed by atoms with van der Waals surface area (Å²) in [7, 11) is 0. The van der Waals surface area contributed by atoms with Crippen LogP contribution in [0.3, 0.4) is 0 Å². The summed E-state index contributed by atoms with van der Waals surface area (Å²) in [5, 5.41) is 8.64. The lowest BCUT2D eigenvalue weighted by atomic mass is 10.3. The molecule has 0 aliphatic carbocycles. The van der Waals surface area contributed by atoms with E-state index in [0.29, 0.717) is 13.0 Å². The van der Waals surface area contributed by atoms with Crippen molar-refractivity contribution in [2.24, 2.45) is 0 Å². The van der Waals surface area contributed by atoms with Crippen molar-refractivity contribution in [1.29, 1.82) is 0 Å². The van der Waals surface area contributed by atoms with E-state index in [4.69, 9.17) is 5.11 Å². The topological polar surface area (TPSA) is 83.4 Å². The van der Waals surface area contributed by atoms with Gasteiger partial charge in [0.05, 0.1) is 5.56 Å². The lowest BCUT2D eigenvalue weighted by Crippen LogP contribution is -2.26. The summed E-state index contributed by atoms with van der Waals surface area (Å²) in [5.74, 6) is -0.957. The zero-order valence-electron chi connectivity index (χ0n) is 8.20. The third-order valence-electron chi connectivity index (χ3n) is 2.23. The number of carboxylic acid groups (broad SMARTS) is 1. The number of hydrogen-bond acceptors (Lipinski definition) is 5. The van der Waals surface area contributed by atoms with Crippen LogP contribution in [0.4, 0.5) is 5.95 Å². The fourth-order valence-electron chi connectivity index (χ4n) is 1.45. The van der Waals surface area contributed by atoms with E-state index in [1.165, 1.54) is 17.3 Å². The van der Waals surface area contributed by atoms with Crippen molar-refractivity contribution < 1.29 is 14.7 Å². The minimum atomic E-state index is -1.09. The summed E-state index contributed by atoms with van der Waals surface area (Å²) >= 11 is 4.20. The molecule has 1 saturated heterocycles. The van der Waals surface area contributed by atoms with E-state index in [9.17, 15) is 9.59 Å². The third kappa shape index (κ3) is 1.99. The molecule has 2 heterocycles. The van der Waals surface area contributed by atoms with Gasteiger partial charge in [-0.2, -0.15) is 12.6 Å². The second kappa shape index (κ2) is 4.09. The van der Waals surface area contributed by atoms with Crippen LogP contribution in [0.25, 0.3) is 0 Å². The van der Waals surface area contributed by atoms with E-state index >= 15 is 0 Å². The molecule has 0 saturated carbocycles. The number of nitrogens with zero attached hydrogens (tertiary/aromatic N) is 3. The Bertz CT molecular complexity index is 434. The fourth-order valence-corrected chi connectivity index (χ4v) is 1.77. The fraction of sp³-hybridized carbons (Fsp3) is 0.333. The number of aromatic carboxylic acids is 1. The van der Waals surface area contributed by atoms with Crippen LogP contribution in [0.2, 0.25) is 0 Å². The second-order valence-corrected chi connectivity index (χ2v) is 4.17. The van der Waals surface area contributed by atoms with Gasteiger partial charge < -0.3 is 5.11 Å². The predicted octanol–water partition coefficient (Wildman–Crippen LogP) is 0.210. The number of carbonyl (C=O) groups excluding carboxylic acids is 1. The molecular weight excluding hydrogens is 230 g/mol. The van der Waals surface area contributed by atoms with Gasteiger partial charge in [0.25, 0.3) is 0 Å². The van der Waals surface area contributed by atoms with Crippen molar-refractivity contribution in [3.05, 3.63) is 18.0 Å². The molecule has 84 valence electrons. The average Bonchev–Trinajstić information content (AvgIpc) is 2.58. The van der Waals surface area contributed by atoms with Crippen molar-refractivity contribution in [2.45, 2.75) is 11.7 Å². The number of aromatic nitrogens is 2. The summed E-state index contributed by atoms with van der Waals surface area (Å²) in [4.78, 5) is 31.2. The van der Waals surface area contributed by atoms with Crippen LogP contribution in [0.15, 0.2) is 12.4 Å². The highest BCUT2D eigenvalue weighted by Crippen LogP contribution is 2.20. The van der Waals surface area contributed by atoms with Gasteiger partial charge in [-0.05, 0) is 0 Å². The number of carboxylic acids is 1. The first-order valence-corrected chi connectivity index (χ1v) is 5.13. The third-order valence-corrected chi connectivity index (χ3v) is 2.58. The normalized spacial score (nSPS) is 20.2. The molecule has 1 aliphatic rings. The maximum absolute atomic E-state index is 11.5. The van der Waals surface area contributed by atoms with Gasteiger partial charge in [0.2, 0.25) is 11.9 Å². The van der Waals surface area contributed by atoms with Crippen LogP contribution < -0.4 is 4.90 Å². The summed E-state index contributed by atoms with van der Waals surface area (Å²) < 4.78 is 0.